The van der Waals surface area contributed by atoms with Gasteiger partial charge in [-0.25, -0.2) is 0 Å². The van der Waals surface area contributed by atoms with E-state index in [1.54, 1.807) is 0 Å². The third kappa shape index (κ3) is 3.02. The highest BCUT2D eigenvalue weighted by Crippen LogP contribution is 2.51. The molecule has 1 saturated carbocycles. The summed E-state index contributed by atoms with van der Waals surface area (Å²) >= 11 is 18.1. The third-order valence-electron chi connectivity index (χ3n) is 2.43. The molecule has 5 heteroatoms. The molecule has 0 unspecified atom stereocenters. The first-order chi connectivity index (χ1) is 6.16. The maximum atomic E-state index is 6.09. The first-order valence-electron chi connectivity index (χ1n) is 4.93. The quantitative estimate of drug-likeness (QED) is 0.532. The summed E-state index contributed by atoms with van der Waals surface area (Å²) in [5.74, 6) is 0. The van der Waals surface area contributed by atoms with Gasteiger partial charge in [-0.1, -0.05) is 47.6 Å². The molecule has 0 aromatic carbocycles. The molecule has 0 radical (unpaired) electrons. The highest BCUT2D eigenvalue weighted by molar-refractivity contribution is 6.71. The smallest absolute Gasteiger partial charge is 0.217 e. The summed E-state index contributed by atoms with van der Waals surface area (Å²) in [4.78, 5) is 0. The summed E-state index contributed by atoms with van der Waals surface area (Å²) in [5, 5.41) is 0. The Kier molecular flexibility index (Phi) is 3.87. The zero-order valence-corrected chi connectivity index (χ0v) is 12.1. The minimum Gasteiger partial charge on any atom is -0.408 e. The van der Waals surface area contributed by atoms with E-state index >= 15 is 0 Å². The SMILES string of the molecule is C[Si](C)(C)OC1(C(Cl)(Cl)Cl)CCCC1. The van der Waals surface area contributed by atoms with Crippen molar-refractivity contribution in [3.05, 3.63) is 0 Å². The fourth-order valence-corrected chi connectivity index (χ4v) is 4.38. The van der Waals surface area contributed by atoms with Crippen LogP contribution in [0.25, 0.3) is 0 Å². The lowest BCUT2D eigenvalue weighted by atomic mass is 10.1. The van der Waals surface area contributed by atoms with Crippen LogP contribution in [0.1, 0.15) is 25.7 Å². The van der Waals surface area contributed by atoms with Crippen LogP contribution in [-0.4, -0.2) is 17.7 Å². The fraction of sp³-hybridized carbons (Fsp3) is 1.00. The van der Waals surface area contributed by atoms with Crippen molar-refractivity contribution in [1.82, 2.24) is 0 Å². The molecule has 1 aliphatic rings. The summed E-state index contributed by atoms with van der Waals surface area (Å²) in [6.45, 7) is 6.39. The van der Waals surface area contributed by atoms with Crippen LogP contribution in [0.5, 0.6) is 0 Å². The van der Waals surface area contributed by atoms with Gasteiger partial charge in [0.2, 0.25) is 3.79 Å². The van der Waals surface area contributed by atoms with E-state index in [9.17, 15) is 0 Å². The second-order valence-corrected chi connectivity index (χ2v) is 11.6. The molecule has 0 heterocycles. The second kappa shape index (κ2) is 4.14. The van der Waals surface area contributed by atoms with E-state index < -0.39 is 17.7 Å². The summed E-state index contributed by atoms with van der Waals surface area (Å²) in [5.41, 5.74) is -0.526. The normalized spacial score (nSPS) is 22.7. The molecule has 0 N–H and O–H groups in total. The Balaban J connectivity index is 2.83. The summed E-state index contributed by atoms with van der Waals surface area (Å²) < 4.78 is 4.81. The maximum absolute atomic E-state index is 6.09. The summed E-state index contributed by atoms with van der Waals surface area (Å²) in [6, 6.07) is 0. The molecule has 0 aromatic heterocycles. The van der Waals surface area contributed by atoms with Gasteiger partial charge in [-0.3, -0.25) is 0 Å². The first kappa shape index (κ1) is 13.1. The van der Waals surface area contributed by atoms with Crippen LogP contribution in [0, 0.1) is 0 Å². The summed E-state index contributed by atoms with van der Waals surface area (Å²) in [6.07, 6.45) is 3.93. The van der Waals surface area contributed by atoms with E-state index in [2.05, 4.69) is 19.6 Å². The average Bonchev–Trinajstić information content (AvgIpc) is 2.31. The number of rotatable bonds is 2. The molecule has 1 rings (SSSR count). The highest BCUT2D eigenvalue weighted by atomic mass is 35.6. The second-order valence-electron chi connectivity index (χ2n) is 4.91. The van der Waals surface area contributed by atoms with Gasteiger partial charge in [-0.2, -0.15) is 0 Å². The topological polar surface area (TPSA) is 9.23 Å². The van der Waals surface area contributed by atoms with Gasteiger partial charge >= 0.3 is 0 Å². The Hall–Kier alpha value is 1.05. The number of alkyl halides is 3. The number of hydrogen-bond acceptors (Lipinski definition) is 1. The summed E-state index contributed by atoms with van der Waals surface area (Å²) in [7, 11) is -1.66. The van der Waals surface area contributed by atoms with Crippen molar-refractivity contribution in [2.45, 2.75) is 54.7 Å². The lowest BCUT2D eigenvalue weighted by Gasteiger charge is -2.41. The van der Waals surface area contributed by atoms with Crippen molar-refractivity contribution >= 4 is 43.1 Å². The van der Waals surface area contributed by atoms with Crippen LogP contribution in [0.4, 0.5) is 0 Å². The van der Waals surface area contributed by atoms with Crippen LogP contribution < -0.4 is 0 Å². The average molecular weight is 276 g/mol. The van der Waals surface area contributed by atoms with Crippen molar-refractivity contribution in [2.24, 2.45) is 0 Å². The first-order valence-corrected chi connectivity index (χ1v) is 9.47. The van der Waals surface area contributed by atoms with Crippen LogP contribution in [0.15, 0.2) is 0 Å². The molecule has 1 nitrogen and oxygen atoms in total. The molecule has 0 atom stereocenters. The Bertz CT molecular complexity index is 201. The minimum atomic E-state index is -1.66. The molecule has 0 spiro atoms. The number of hydrogen-bond donors (Lipinski definition) is 0. The third-order valence-corrected chi connectivity index (χ3v) is 4.47. The van der Waals surface area contributed by atoms with Gasteiger partial charge in [0.05, 0.1) is 0 Å². The van der Waals surface area contributed by atoms with Crippen molar-refractivity contribution in [1.29, 1.82) is 0 Å². The molecule has 0 amide bonds. The Morgan fingerprint density at radius 2 is 1.50 bits per heavy atom. The van der Waals surface area contributed by atoms with Gasteiger partial charge < -0.3 is 4.43 Å². The molecule has 0 aliphatic heterocycles. The molecule has 0 aromatic rings. The predicted molar refractivity (Wildman–Crippen MR) is 65.9 cm³/mol. The predicted octanol–water partition coefficient (Wildman–Crippen LogP) is 4.52. The molecule has 0 bridgehead atoms. The van der Waals surface area contributed by atoms with E-state index in [-0.39, 0.29) is 0 Å². The van der Waals surface area contributed by atoms with Crippen molar-refractivity contribution in [2.75, 3.05) is 0 Å². The molecule has 1 fully saturated rings. The van der Waals surface area contributed by atoms with E-state index in [1.807, 2.05) is 0 Å². The van der Waals surface area contributed by atoms with Crippen LogP contribution in [0.3, 0.4) is 0 Å². The van der Waals surface area contributed by atoms with E-state index in [1.165, 1.54) is 0 Å². The van der Waals surface area contributed by atoms with Gasteiger partial charge in [-0.15, -0.1) is 0 Å². The molecule has 84 valence electrons. The number of halogens is 3. The van der Waals surface area contributed by atoms with Gasteiger partial charge in [-0.05, 0) is 32.5 Å². The van der Waals surface area contributed by atoms with Gasteiger partial charge in [0.25, 0.3) is 0 Å². The lowest BCUT2D eigenvalue weighted by molar-refractivity contribution is 0.0720. The van der Waals surface area contributed by atoms with Crippen LogP contribution in [0.2, 0.25) is 19.6 Å². The highest BCUT2D eigenvalue weighted by Gasteiger charge is 2.52. The lowest BCUT2D eigenvalue weighted by Crippen LogP contribution is -2.49. The van der Waals surface area contributed by atoms with Crippen molar-refractivity contribution in [3.8, 4) is 0 Å². The van der Waals surface area contributed by atoms with Gasteiger partial charge in [0, 0.05) is 0 Å². The van der Waals surface area contributed by atoms with E-state index in [0.717, 1.165) is 25.7 Å². The van der Waals surface area contributed by atoms with Crippen LogP contribution in [-0.2, 0) is 4.43 Å². The Labute approximate surface area is 102 Å². The Morgan fingerprint density at radius 3 is 1.79 bits per heavy atom. The monoisotopic (exact) mass is 274 g/mol. The van der Waals surface area contributed by atoms with E-state index in [4.69, 9.17) is 39.2 Å². The van der Waals surface area contributed by atoms with Gasteiger partial charge in [0.1, 0.15) is 5.60 Å². The van der Waals surface area contributed by atoms with E-state index in [0.29, 0.717) is 0 Å². The molecular weight excluding hydrogens is 259 g/mol. The zero-order chi connectivity index (χ0) is 11.0. The molecular formula is C9H17Cl3OSi. The zero-order valence-electron chi connectivity index (χ0n) is 8.87. The van der Waals surface area contributed by atoms with Gasteiger partial charge in [0.15, 0.2) is 8.32 Å². The minimum absolute atomic E-state index is 0.526. The Morgan fingerprint density at radius 1 is 1.07 bits per heavy atom. The largest absolute Gasteiger partial charge is 0.408 e. The van der Waals surface area contributed by atoms with Crippen molar-refractivity contribution < 1.29 is 4.43 Å². The molecule has 0 saturated heterocycles. The van der Waals surface area contributed by atoms with Crippen LogP contribution >= 0.6 is 34.8 Å². The fourth-order valence-electron chi connectivity index (χ4n) is 1.98. The molecule has 1 aliphatic carbocycles. The van der Waals surface area contributed by atoms with Crippen molar-refractivity contribution in [3.63, 3.8) is 0 Å². The standard InChI is InChI=1S/C9H17Cl3OSi/c1-14(2,3)13-8(9(10,11)12)6-4-5-7-8/h4-7H2,1-3H3. The maximum Gasteiger partial charge on any atom is 0.217 e. The molecule has 14 heavy (non-hydrogen) atoms.